The van der Waals surface area contributed by atoms with Crippen LogP contribution in [0.3, 0.4) is 0 Å². The Morgan fingerprint density at radius 3 is 2.88 bits per heavy atom. The van der Waals surface area contributed by atoms with Crippen LogP contribution < -0.4 is 11.1 Å². The number of carboxylic acid groups (broad SMARTS) is 1. The molecule has 0 aliphatic carbocycles. The molecule has 4 N–H and O–H groups in total. The second-order valence-corrected chi connectivity index (χ2v) is 5.11. The lowest BCUT2D eigenvalue weighted by atomic mass is 10.1. The summed E-state index contributed by atoms with van der Waals surface area (Å²) in [6, 6.07) is 3.76. The van der Waals surface area contributed by atoms with Crippen LogP contribution in [0, 0.1) is 11.3 Å². The van der Waals surface area contributed by atoms with E-state index in [4.69, 9.17) is 11.0 Å². The molecule has 1 atom stereocenters. The van der Waals surface area contributed by atoms with Crippen LogP contribution in [0.1, 0.15) is 29.2 Å². The average molecular weight is 344 g/mol. The van der Waals surface area contributed by atoms with E-state index in [-0.39, 0.29) is 25.0 Å². The van der Waals surface area contributed by atoms with Gasteiger partial charge in [0.25, 0.3) is 5.91 Å². The van der Waals surface area contributed by atoms with Crippen molar-refractivity contribution in [2.24, 2.45) is 0 Å². The van der Waals surface area contributed by atoms with Crippen molar-refractivity contribution in [3.8, 4) is 6.07 Å². The van der Waals surface area contributed by atoms with Gasteiger partial charge >= 0.3 is 5.97 Å². The standard InChI is InChI=1S/C14H16N8O3/c15-6-1-7-22-12(19-20-21-22)5-4-11(14(24)25)18-13(23)10-3-2-9(16)8-17-10/h2-3,8,11H,1,4-5,7,16H2,(H,18,23)(H,24,25)/t11-/m0/s1. The van der Waals surface area contributed by atoms with Gasteiger partial charge in [0.05, 0.1) is 30.9 Å². The van der Waals surface area contributed by atoms with E-state index in [0.29, 0.717) is 18.1 Å². The first-order chi connectivity index (χ1) is 12.0. The number of nitrogens with zero attached hydrogens (tertiary/aromatic N) is 6. The molecule has 25 heavy (non-hydrogen) atoms. The van der Waals surface area contributed by atoms with Gasteiger partial charge in [0, 0.05) is 6.42 Å². The molecule has 0 radical (unpaired) electrons. The van der Waals surface area contributed by atoms with E-state index in [1.54, 1.807) is 0 Å². The summed E-state index contributed by atoms with van der Waals surface area (Å²) in [4.78, 5) is 27.3. The van der Waals surface area contributed by atoms with Gasteiger partial charge < -0.3 is 16.2 Å². The zero-order valence-corrected chi connectivity index (χ0v) is 13.2. The van der Waals surface area contributed by atoms with Gasteiger partial charge in [0.15, 0.2) is 5.82 Å². The van der Waals surface area contributed by atoms with E-state index in [2.05, 4.69) is 25.8 Å². The third-order valence-corrected chi connectivity index (χ3v) is 3.32. The Labute approximate surface area is 142 Å². The lowest BCUT2D eigenvalue weighted by Gasteiger charge is -2.14. The number of hydrogen-bond donors (Lipinski definition) is 3. The fourth-order valence-electron chi connectivity index (χ4n) is 2.03. The number of nitriles is 1. The van der Waals surface area contributed by atoms with Crippen molar-refractivity contribution in [2.75, 3.05) is 5.73 Å². The Morgan fingerprint density at radius 2 is 2.24 bits per heavy atom. The first-order valence-corrected chi connectivity index (χ1v) is 7.38. The quantitative estimate of drug-likeness (QED) is 0.564. The predicted octanol–water partition coefficient (Wildman–Crippen LogP) is -0.620. The number of carbonyl (C=O) groups is 2. The van der Waals surface area contributed by atoms with Gasteiger partial charge in [-0.25, -0.2) is 14.5 Å². The zero-order valence-electron chi connectivity index (χ0n) is 13.2. The van der Waals surface area contributed by atoms with Gasteiger partial charge in [0.2, 0.25) is 0 Å². The SMILES string of the molecule is N#CCCn1nnnc1CC[C@H](NC(=O)c1ccc(N)cn1)C(=O)O. The first kappa shape index (κ1) is 17.8. The smallest absolute Gasteiger partial charge is 0.326 e. The minimum absolute atomic E-state index is 0.0688. The number of anilines is 1. The molecular formula is C14H16N8O3. The molecule has 0 unspecified atom stereocenters. The molecule has 130 valence electrons. The lowest BCUT2D eigenvalue weighted by Crippen LogP contribution is -2.41. The van der Waals surface area contributed by atoms with Crippen molar-refractivity contribution in [3.05, 3.63) is 29.8 Å². The number of pyridine rings is 1. The molecule has 2 heterocycles. The second kappa shape index (κ2) is 8.34. The molecule has 11 heteroatoms. The summed E-state index contributed by atoms with van der Waals surface area (Å²) in [6.07, 6.45) is 1.86. The number of aliphatic carboxylic acids is 1. The number of carbonyl (C=O) groups excluding carboxylic acids is 1. The van der Waals surface area contributed by atoms with Gasteiger partial charge in [-0.3, -0.25) is 4.79 Å². The Balaban J connectivity index is 1.98. The topological polar surface area (TPSA) is 173 Å². The molecule has 0 spiro atoms. The largest absolute Gasteiger partial charge is 0.480 e. The maximum Gasteiger partial charge on any atom is 0.326 e. The van der Waals surface area contributed by atoms with Crippen LogP contribution >= 0.6 is 0 Å². The maximum absolute atomic E-state index is 12.1. The van der Waals surface area contributed by atoms with Crippen molar-refractivity contribution in [1.29, 1.82) is 5.26 Å². The summed E-state index contributed by atoms with van der Waals surface area (Å²) in [6.45, 7) is 0.318. The Hall–Kier alpha value is -3.55. The Bertz CT molecular complexity index is 780. The third kappa shape index (κ3) is 4.96. The number of hydrogen-bond acceptors (Lipinski definition) is 8. The molecule has 2 aromatic heterocycles. The van der Waals surface area contributed by atoms with Gasteiger partial charge in [-0.2, -0.15) is 5.26 Å². The number of nitrogens with two attached hydrogens (primary N) is 1. The first-order valence-electron chi connectivity index (χ1n) is 7.38. The molecule has 0 aromatic carbocycles. The van der Waals surface area contributed by atoms with Crippen molar-refractivity contribution >= 4 is 17.6 Å². The van der Waals surface area contributed by atoms with E-state index in [1.807, 2.05) is 6.07 Å². The normalized spacial score (nSPS) is 11.5. The van der Waals surface area contributed by atoms with Crippen LogP contribution in [0.4, 0.5) is 5.69 Å². The predicted molar refractivity (Wildman–Crippen MR) is 83.9 cm³/mol. The third-order valence-electron chi connectivity index (χ3n) is 3.32. The minimum Gasteiger partial charge on any atom is -0.480 e. The highest BCUT2D eigenvalue weighted by Gasteiger charge is 2.22. The second-order valence-electron chi connectivity index (χ2n) is 5.11. The van der Waals surface area contributed by atoms with E-state index in [0.717, 1.165) is 0 Å². The average Bonchev–Trinajstić information content (AvgIpc) is 3.04. The molecule has 2 rings (SSSR count). The van der Waals surface area contributed by atoms with Gasteiger partial charge in [-0.05, 0) is 29.0 Å². The number of nitrogen functional groups attached to an aromatic ring is 1. The monoisotopic (exact) mass is 344 g/mol. The molecule has 0 saturated carbocycles. The summed E-state index contributed by atoms with van der Waals surface area (Å²) in [7, 11) is 0. The van der Waals surface area contributed by atoms with Gasteiger partial charge in [-0.15, -0.1) is 5.10 Å². The molecule has 1 amide bonds. The zero-order chi connectivity index (χ0) is 18.2. The lowest BCUT2D eigenvalue weighted by molar-refractivity contribution is -0.139. The van der Waals surface area contributed by atoms with Crippen LogP contribution in [-0.2, 0) is 17.8 Å². The van der Waals surface area contributed by atoms with E-state index >= 15 is 0 Å². The number of rotatable bonds is 8. The minimum atomic E-state index is -1.18. The highest BCUT2D eigenvalue weighted by Crippen LogP contribution is 2.05. The summed E-state index contributed by atoms with van der Waals surface area (Å²) >= 11 is 0. The summed E-state index contributed by atoms with van der Waals surface area (Å²) in [5.74, 6) is -1.35. The fraction of sp³-hybridized carbons (Fsp3) is 0.357. The summed E-state index contributed by atoms with van der Waals surface area (Å²) in [5, 5.41) is 31.4. The molecule has 0 aliphatic heterocycles. The maximum atomic E-state index is 12.1. The van der Waals surface area contributed by atoms with Gasteiger partial charge in [-0.1, -0.05) is 0 Å². The van der Waals surface area contributed by atoms with Crippen LogP contribution in [-0.4, -0.2) is 48.2 Å². The van der Waals surface area contributed by atoms with Crippen molar-refractivity contribution in [3.63, 3.8) is 0 Å². The molecule has 2 aromatic rings. The van der Waals surface area contributed by atoms with E-state index in [1.165, 1.54) is 23.0 Å². The summed E-state index contributed by atoms with van der Waals surface area (Å²) < 4.78 is 1.44. The Morgan fingerprint density at radius 1 is 1.44 bits per heavy atom. The van der Waals surface area contributed by atoms with Crippen molar-refractivity contribution in [2.45, 2.75) is 31.8 Å². The highest BCUT2D eigenvalue weighted by atomic mass is 16.4. The fourth-order valence-corrected chi connectivity index (χ4v) is 2.03. The Kier molecular flexibility index (Phi) is 5.94. The summed E-state index contributed by atoms with van der Waals surface area (Å²) in [5.41, 5.74) is 5.96. The number of aryl methyl sites for hydroxylation is 2. The molecule has 0 aliphatic rings. The van der Waals surface area contributed by atoms with Crippen molar-refractivity contribution < 1.29 is 14.7 Å². The van der Waals surface area contributed by atoms with E-state index < -0.39 is 17.9 Å². The highest BCUT2D eigenvalue weighted by molar-refractivity contribution is 5.95. The van der Waals surface area contributed by atoms with Gasteiger partial charge in [0.1, 0.15) is 11.7 Å². The number of tetrazole rings is 1. The molecule has 0 bridgehead atoms. The van der Waals surface area contributed by atoms with Crippen LogP contribution in [0.5, 0.6) is 0 Å². The van der Waals surface area contributed by atoms with Crippen LogP contribution in [0.2, 0.25) is 0 Å². The number of nitrogens with one attached hydrogen (secondary N) is 1. The molecular weight excluding hydrogens is 328 g/mol. The van der Waals surface area contributed by atoms with Crippen LogP contribution in [0.25, 0.3) is 0 Å². The molecule has 11 nitrogen and oxygen atoms in total. The number of carboxylic acids is 1. The van der Waals surface area contributed by atoms with Crippen molar-refractivity contribution in [1.82, 2.24) is 30.5 Å². The molecule has 0 saturated heterocycles. The van der Waals surface area contributed by atoms with Crippen LogP contribution in [0.15, 0.2) is 18.3 Å². The number of amides is 1. The number of aromatic nitrogens is 5. The molecule has 0 fully saturated rings. The van der Waals surface area contributed by atoms with E-state index in [9.17, 15) is 14.7 Å².